The lowest BCUT2D eigenvalue weighted by atomic mass is 10.2. The smallest absolute Gasteiger partial charge is 0.347 e. The topological polar surface area (TPSA) is 63.1 Å². The zero-order valence-corrected chi connectivity index (χ0v) is 8.78. The Kier molecular flexibility index (Phi) is 2.47. The first-order chi connectivity index (χ1) is 7.18. The average Bonchev–Trinajstić information content (AvgIpc) is 2.67. The van der Waals surface area contributed by atoms with Crippen molar-refractivity contribution in [3.05, 3.63) is 35.1 Å². The summed E-state index contributed by atoms with van der Waals surface area (Å²) in [6.45, 7) is 1.94. The van der Waals surface area contributed by atoms with Crippen LogP contribution in [0.15, 0.2) is 24.7 Å². The maximum absolute atomic E-state index is 10.7. The summed E-state index contributed by atoms with van der Waals surface area (Å²) in [5.41, 5.74) is 1.92. The van der Waals surface area contributed by atoms with Crippen LogP contribution in [0.4, 0.5) is 0 Å². The number of pyridine rings is 1. The van der Waals surface area contributed by atoms with Gasteiger partial charge in [-0.25, -0.2) is 9.78 Å². The number of aryl methyl sites for hydroxylation is 1. The molecule has 0 saturated heterocycles. The molecule has 0 bridgehead atoms. The molecule has 0 aliphatic carbocycles. The van der Waals surface area contributed by atoms with Gasteiger partial charge in [0.2, 0.25) is 0 Å². The van der Waals surface area contributed by atoms with E-state index in [0.717, 1.165) is 22.5 Å². The highest BCUT2D eigenvalue weighted by Crippen LogP contribution is 2.26. The van der Waals surface area contributed by atoms with Crippen LogP contribution in [0.2, 0.25) is 0 Å². The third-order valence-corrected chi connectivity index (χ3v) is 3.00. The molecule has 2 aromatic heterocycles. The van der Waals surface area contributed by atoms with Gasteiger partial charge in [-0.05, 0) is 18.6 Å². The van der Waals surface area contributed by atoms with E-state index >= 15 is 0 Å². The van der Waals surface area contributed by atoms with Crippen LogP contribution in [0, 0.1) is 6.92 Å². The summed E-state index contributed by atoms with van der Waals surface area (Å²) >= 11 is 1.16. The minimum Gasteiger partial charge on any atom is -0.477 e. The molecule has 2 aromatic rings. The number of rotatable bonds is 2. The van der Waals surface area contributed by atoms with E-state index in [-0.39, 0.29) is 4.88 Å². The highest BCUT2D eigenvalue weighted by molar-refractivity contribution is 7.16. The van der Waals surface area contributed by atoms with E-state index in [0.29, 0.717) is 5.01 Å². The Labute approximate surface area is 90.3 Å². The maximum Gasteiger partial charge on any atom is 0.347 e. The molecule has 2 rings (SSSR count). The second-order valence-electron chi connectivity index (χ2n) is 3.03. The van der Waals surface area contributed by atoms with Gasteiger partial charge in [0, 0.05) is 18.0 Å². The fraction of sp³-hybridized carbons (Fsp3) is 0.100. The molecule has 0 aliphatic heterocycles. The first kappa shape index (κ1) is 9.79. The van der Waals surface area contributed by atoms with Gasteiger partial charge in [-0.2, -0.15) is 0 Å². The molecule has 0 aliphatic rings. The molecule has 0 atom stereocenters. The van der Waals surface area contributed by atoms with Gasteiger partial charge < -0.3 is 5.11 Å². The van der Waals surface area contributed by atoms with Crippen LogP contribution in [-0.4, -0.2) is 21.0 Å². The summed E-state index contributed by atoms with van der Waals surface area (Å²) in [6.07, 6.45) is 4.76. The zero-order valence-electron chi connectivity index (χ0n) is 7.97. The van der Waals surface area contributed by atoms with Gasteiger partial charge in [-0.1, -0.05) is 0 Å². The molecular formula is C10H8N2O2S. The van der Waals surface area contributed by atoms with Crippen LogP contribution in [0.3, 0.4) is 0 Å². The van der Waals surface area contributed by atoms with E-state index in [4.69, 9.17) is 5.11 Å². The minimum atomic E-state index is -0.944. The number of aromatic carboxylic acids is 1. The lowest BCUT2D eigenvalue weighted by Crippen LogP contribution is -1.89. The molecule has 0 spiro atoms. The lowest BCUT2D eigenvalue weighted by Gasteiger charge is -1.98. The van der Waals surface area contributed by atoms with Crippen molar-refractivity contribution >= 4 is 17.3 Å². The summed E-state index contributed by atoms with van der Waals surface area (Å²) in [6, 6.07) is 1.87. The number of hydrogen-bond donors (Lipinski definition) is 1. The molecule has 76 valence electrons. The molecule has 0 fully saturated rings. The normalized spacial score (nSPS) is 10.2. The van der Waals surface area contributed by atoms with Gasteiger partial charge in [-0.15, -0.1) is 11.3 Å². The molecular weight excluding hydrogens is 212 g/mol. The van der Waals surface area contributed by atoms with E-state index in [2.05, 4.69) is 9.97 Å². The first-order valence-corrected chi connectivity index (χ1v) is 5.10. The molecule has 0 radical (unpaired) electrons. The highest BCUT2D eigenvalue weighted by atomic mass is 32.1. The van der Waals surface area contributed by atoms with Crippen molar-refractivity contribution in [1.29, 1.82) is 0 Å². The number of nitrogens with zero attached hydrogens (tertiary/aromatic N) is 2. The summed E-state index contributed by atoms with van der Waals surface area (Å²) in [4.78, 5) is 19.0. The van der Waals surface area contributed by atoms with Crippen LogP contribution in [0.5, 0.6) is 0 Å². The number of thiazole rings is 1. The first-order valence-electron chi connectivity index (χ1n) is 4.28. The van der Waals surface area contributed by atoms with Crippen LogP contribution in [-0.2, 0) is 0 Å². The third-order valence-electron chi connectivity index (χ3n) is 1.99. The second-order valence-corrected chi connectivity index (χ2v) is 4.06. The van der Waals surface area contributed by atoms with Gasteiger partial charge in [-0.3, -0.25) is 4.98 Å². The van der Waals surface area contributed by atoms with Crippen molar-refractivity contribution in [1.82, 2.24) is 9.97 Å². The fourth-order valence-electron chi connectivity index (χ4n) is 1.19. The number of hydrogen-bond acceptors (Lipinski definition) is 4. The van der Waals surface area contributed by atoms with E-state index in [1.54, 1.807) is 12.4 Å². The van der Waals surface area contributed by atoms with Crippen molar-refractivity contribution in [3.63, 3.8) is 0 Å². The zero-order chi connectivity index (χ0) is 10.8. The molecule has 5 heteroatoms. The van der Waals surface area contributed by atoms with E-state index in [1.165, 1.54) is 6.20 Å². The predicted octanol–water partition coefficient (Wildman–Crippen LogP) is 2.21. The van der Waals surface area contributed by atoms with Crippen LogP contribution in [0.25, 0.3) is 10.6 Å². The maximum atomic E-state index is 10.7. The second kappa shape index (κ2) is 3.78. The van der Waals surface area contributed by atoms with Crippen molar-refractivity contribution in [2.45, 2.75) is 6.92 Å². The minimum absolute atomic E-state index is 0.244. The lowest BCUT2D eigenvalue weighted by molar-refractivity contribution is 0.0702. The molecule has 2 heterocycles. The van der Waals surface area contributed by atoms with Crippen molar-refractivity contribution in [2.24, 2.45) is 0 Å². The summed E-state index contributed by atoms with van der Waals surface area (Å²) < 4.78 is 0. The van der Waals surface area contributed by atoms with Crippen LogP contribution >= 0.6 is 11.3 Å². The Morgan fingerprint density at radius 2 is 2.27 bits per heavy atom. The quantitative estimate of drug-likeness (QED) is 0.842. The Balaban J connectivity index is 2.46. The van der Waals surface area contributed by atoms with Gasteiger partial charge in [0.25, 0.3) is 0 Å². The molecule has 0 saturated carbocycles. The molecule has 0 aromatic carbocycles. The van der Waals surface area contributed by atoms with Crippen molar-refractivity contribution in [3.8, 4) is 10.6 Å². The number of carboxylic acids is 1. The largest absolute Gasteiger partial charge is 0.477 e. The molecule has 1 N–H and O–H groups in total. The average molecular weight is 220 g/mol. The van der Waals surface area contributed by atoms with E-state index in [9.17, 15) is 4.79 Å². The van der Waals surface area contributed by atoms with Gasteiger partial charge >= 0.3 is 5.97 Å². The van der Waals surface area contributed by atoms with Gasteiger partial charge in [0.15, 0.2) is 0 Å². The summed E-state index contributed by atoms with van der Waals surface area (Å²) in [5, 5.41) is 9.46. The van der Waals surface area contributed by atoms with Gasteiger partial charge in [0.1, 0.15) is 9.88 Å². The standard InChI is InChI=1S/C10H8N2O2S/c1-6-2-3-11-4-7(6)9-12-5-8(15-9)10(13)14/h2-5H,1H3,(H,13,14). The van der Waals surface area contributed by atoms with Gasteiger partial charge in [0.05, 0.1) is 6.20 Å². The van der Waals surface area contributed by atoms with Crippen LogP contribution in [0.1, 0.15) is 15.2 Å². The molecule has 4 nitrogen and oxygen atoms in total. The Morgan fingerprint density at radius 3 is 2.87 bits per heavy atom. The summed E-state index contributed by atoms with van der Waals surface area (Å²) in [7, 11) is 0. The molecule has 15 heavy (non-hydrogen) atoms. The highest BCUT2D eigenvalue weighted by Gasteiger charge is 2.11. The van der Waals surface area contributed by atoms with E-state index < -0.39 is 5.97 Å². The Morgan fingerprint density at radius 1 is 1.47 bits per heavy atom. The number of carboxylic acid groups (broad SMARTS) is 1. The van der Waals surface area contributed by atoms with Crippen molar-refractivity contribution in [2.75, 3.05) is 0 Å². The Bertz CT molecular complexity index is 508. The number of carbonyl (C=O) groups is 1. The van der Waals surface area contributed by atoms with E-state index in [1.807, 2.05) is 13.0 Å². The fourth-order valence-corrected chi connectivity index (χ4v) is 2.02. The summed E-state index contributed by atoms with van der Waals surface area (Å²) in [5.74, 6) is -0.944. The third kappa shape index (κ3) is 1.87. The van der Waals surface area contributed by atoms with Crippen molar-refractivity contribution < 1.29 is 9.90 Å². The number of aromatic nitrogens is 2. The monoisotopic (exact) mass is 220 g/mol. The SMILES string of the molecule is Cc1ccncc1-c1ncc(C(=O)O)s1. The molecule has 0 amide bonds. The molecule has 0 unspecified atom stereocenters. The predicted molar refractivity (Wildman–Crippen MR) is 57.0 cm³/mol. The van der Waals surface area contributed by atoms with Crippen LogP contribution < -0.4 is 0 Å². The Hall–Kier alpha value is -1.75.